The molecule has 0 bridgehead atoms. The Hall–Kier alpha value is -2.55. The monoisotopic (exact) mass is 235 g/mol. The molecule has 0 atom stereocenters. The number of para-hydroxylation sites is 1. The molecule has 2 aromatic carbocycles. The second-order valence-corrected chi connectivity index (χ2v) is 4.13. The molecule has 0 saturated heterocycles. The Morgan fingerprint density at radius 2 is 1.56 bits per heavy atom. The van der Waals surface area contributed by atoms with Crippen LogP contribution in [0.15, 0.2) is 67.0 Å². The van der Waals surface area contributed by atoms with E-state index in [9.17, 15) is 0 Å². The van der Waals surface area contributed by atoms with Crippen molar-refractivity contribution in [2.75, 3.05) is 5.73 Å². The van der Waals surface area contributed by atoms with Crippen molar-refractivity contribution in [2.24, 2.45) is 0 Å². The van der Waals surface area contributed by atoms with E-state index in [0.717, 1.165) is 22.5 Å². The molecule has 0 fully saturated rings. The van der Waals surface area contributed by atoms with Crippen molar-refractivity contribution in [1.29, 1.82) is 0 Å². The van der Waals surface area contributed by atoms with Gasteiger partial charge in [-0.25, -0.2) is 4.68 Å². The summed E-state index contributed by atoms with van der Waals surface area (Å²) in [5.74, 6) is 0. The largest absolute Gasteiger partial charge is 0.399 e. The van der Waals surface area contributed by atoms with Gasteiger partial charge in [-0.1, -0.05) is 30.3 Å². The highest BCUT2D eigenvalue weighted by molar-refractivity contribution is 5.64. The average Bonchev–Trinajstić information content (AvgIpc) is 2.90. The molecule has 0 aliphatic carbocycles. The number of nitrogen functional groups attached to an aromatic ring is 1. The van der Waals surface area contributed by atoms with Crippen LogP contribution in [-0.4, -0.2) is 9.78 Å². The number of hydrogen-bond acceptors (Lipinski definition) is 2. The average molecular weight is 235 g/mol. The quantitative estimate of drug-likeness (QED) is 0.693. The molecule has 0 aliphatic rings. The molecule has 88 valence electrons. The van der Waals surface area contributed by atoms with E-state index in [-0.39, 0.29) is 0 Å². The molecular weight excluding hydrogens is 222 g/mol. The van der Waals surface area contributed by atoms with E-state index in [2.05, 4.69) is 5.10 Å². The van der Waals surface area contributed by atoms with Crippen molar-refractivity contribution in [3.05, 3.63) is 67.0 Å². The predicted molar refractivity (Wildman–Crippen MR) is 73.4 cm³/mol. The van der Waals surface area contributed by atoms with Crippen LogP contribution in [0.4, 0.5) is 5.69 Å². The van der Waals surface area contributed by atoms with Crippen LogP contribution in [0.3, 0.4) is 0 Å². The molecular formula is C15H13N3. The summed E-state index contributed by atoms with van der Waals surface area (Å²) in [5.41, 5.74) is 9.71. The normalized spacial score (nSPS) is 10.4. The zero-order chi connectivity index (χ0) is 12.4. The van der Waals surface area contributed by atoms with Gasteiger partial charge in [0.2, 0.25) is 0 Å². The molecule has 0 spiro atoms. The number of hydrogen-bond donors (Lipinski definition) is 1. The summed E-state index contributed by atoms with van der Waals surface area (Å²) in [4.78, 5) is 0. The lowest BCUT2D eigenvalue weighted by Crippen LogP contribution is -1.92. The van der Waals surface area contributed by atoms with Gasteiger partial charge in [0, 0.05) is 17.4 Å². The Kier molecular flexibility index (Phi) is 2.57. The molecule has 0 radical (unpaired) electrons. The zero-order valence-corrected chi connectivity index (χ0v) is 9.82. The summed E-state index contributed by atoms with van der Waals surface area (Å²) in [6.45, 7) is 0. The first-order valence-electron chi connectivity index (χ1n) is 5.79. The number of anilines is 1. The Balaban J connectivity index is 1.97. The van der Waals surface area contributed by atoms with Crippen molar-refractivity contribution in [2.45, 2.75) is 0 Å². The summed E-state index contributed by atoms with van der Waals surface area (Å²) in [6, 6.07) is 17.8. The topological polar surface area (TPSA) is 43.8 Å². The maximum atomic E-state index is 5.68. The third-order valence-electron chi connectivity index (χ3n) is 2.85. The van der Waals surface area contributed by atoms with Gasteiger partial charge in [0.1, 0.15) is 0 Å². The standard InChI is InChI=1S/C15H13N3/c16-14-8-6-12(7-9-14)13-10-17-18(11-13)15-4-2-1-3-5-15/h1-11H,16H2. The molecule has 3 rings (SSSR count). The second-order valence-electron chi connectivity index (χ2n) is 4.13. The molecule has 1 aromatic heterocycles. The molecule has 18 heavy (non-hydrogen) atoms. The maximum absolute atomic E-state index is 5.68. The first kappa shape index (κ1) is 10.6. The molecule has 0 saturated carbocycles. The highest BCUT2D eigenvalue weighted by Crippen LogP contribution is 2.21. The van der Waals surface area contributed by atoms with E-state index in [4.69, 9.17) is 5.73 Å². The van der Waals surface area contributed by atoms with Crippen LogP contribution < -0.4 is 5.73 Å². The number of benzene rings is 2. The summed E-state index contributed by atoms with van der Waals surface area (Å²) in [7, 11) is 0. The molecule has 0 aliphatic heterocycles. The molecule has 3 nitrogen and oxygen atoms in total. The van der Waals surface area contributed by atoms with Gasteiger partial charge in [0.15, 0.2) is 0 Å². The zero-order valence-electron chi connectivity index (χ0n) is 9.82. The minimum absolute atomic E-state index is 0.772. The highest BCUT2D eigenvalue weighted by atomic mass is 15.3. The fourth-order valence-electron chi connectivity index (χ4n) is 1.87. The van der Waals surface area contributed by atoms with Crippen LogP contribution in [-0.2, 0) is 0 Å². The van der Waals surface area contributed by atoms with Gasteiger partial charge in [0.05, 0.1) is 11.9 Å². The summed E-state index contributed by atoms with van der Waals surface area (Å²) in [6.07, 6.45) is 3.87. The Morgan fingerprint density at radius 1 is 0.833 bits per heavy atom. The maximum Gasteiger partial charge on any atom is 0.0645 e. The van der Waals surface area contributed by atoms with E-state index in [0.29, 0.717) is 0 Å². The van der Waals surface area contributed by atoms with E-state index in [1.807, 2.05) is 71.7 Å². The van der Waals surface area contributed by atoms with Crippen LogP contribution in [0.5, 0.6) is 0 Å². The van der Waals surface area contributed by atoms with E-state index < -0.39 is 0 Å². The lowest BCUT2D eigenvalue weighted by molar-refractivity contribution is 0.881. The van der Waals surface area contributed by atoms with Gasteiger partial charge in [-0.15, -0.1) is 0 Å². The highest BCUT2D eigenvalue weighted by Gasteiger charge is 2.02. The Bertz CT molecular complexity index is 639. The number of aromatic nitrogens is 2. The first-order chi connectivity index (χ1) is 8.83. The summed E-state index contributed by atoms with van der Waals surface area (Å²) in [5, 5.41) is 4.37. The first-order valence-corrected chi connectivity index (χ1v) is 5.79. The van der Waals surface area contributed by atoms with E-state index in [1.54, 1.807) is 0 Å². The Morgan fingerprint density at radius 3 is 2.28 bits per heavy atom. The van der Waals surface area contributed by atoms with Crippen LogP contribution in [0.2, 0.25) is 0 Å². The number of rotatable bonds is 2. The molecule has 0 amide bonds. The van der Waals surface area contributed by atoms with Gasteiger partial charge in [-0.2, -0.15) is 5.10 Å². The third kappa shape index (κ3) is 1.98. The SMILES string of the molecule is Nc1ccc(-c2cnn(-c3ccccc3)c2)cc1. The van der Waals surface area contributed by atoms with Crippen LogP contribution in [0, 0.1) is 0 Å². The minimum Gasteiger partial charge on any atom is -0.399 e. The van der Waals surface area contributed by atoms with Crippen molar-refractivity contribution in [3.63, 3.8) is 0 Å². The van der Waals surface area contributed by atoms with Crippen molar-refractivity contribution >= 4 is 5.69 Å². The van der Waals surface area contributed by atoms with Gasteiger partial charge >= 0.3 is 0 Å². The number of nitrogens with two attached hydrogens (primary N) is 1. The van der Waals surface area contributed by atoms with Gasteiger partial charge in [-0.3, -0.25) is 0 Å². The van der Waals surface area contributed by atoms with Crippen LogP contribution >= 0.6 is 0 Å². The minimum atomic E-state index is 0.772. The predicted octanol–water partition coefficient (Wildman–Crippen LogP) is 3.12. The second kappa shape index (κ2) is 4.37. The lowest BCUT2D eigenvalue weighted by atomic mass is 10.1. The smallest absolute Gasteiger partial charge is 0.0645 e. The van der Waals surface area contributed by atoms with Crippen molar-refractivity contribution < 1.29 is 0 Å². The lowest BCUT2D eigenvalue weighted by Gasteiger charge is -2.00. The molecule has 3 aromatic rings. The van der Waals surface area contributed by atoms with Crippen molar-refractivity contribution in [1.82, 2.24) is 9.78 Å². The van der Waals surface area contributed by atoms with Gasteiger partial charge in [-0.05, 0) is 29.8 Å². The Labute approximate surface area is 105 Å². The van der Waals surface area contributed by atoms with E-state index in [1.165, 1.54) is 0 Å². The third-order valence-corrected chi connectivity index (χ3v) is 2.85. The van der Waals surface area contributed by atoms with Crippen LogP contribution in [0.1, 0.15) is 0 Å². The number of nitrogens with zero attached hydrogens (tertiary/aromatic N) is 2. The fraction of sp³-hybridized carbons (Fsp3) is 0. The molecule has 2 N–H and O–H groups in total. The van der Waals surface area contributed by atoms with Crippen molar-refractivity contribution in [3.8, 4) is 16.8 Å². The van der Waals surface area contributed by atoms with Crippen LogP contribution in [0.25, 0.3) is 16.8 Å². The summed E-state index contributed by atoms with van der Waals surface area (Å²) >= 11 is 0. The fourth-order valence-corrected chi connectivity index (χ4v) is 1.87. The van der Waals surface area contributed by atoms with Gasteiger partial charge < -0.3 is 5.73 Å². The van der Waals surface area contributed by atoms with Gasteiger partial charge in [0.25, 0.3) is 0 Å². The molecule has 3 heteroatoms. The summed E-state index contributed by atoms with van der Waals surface area (Å²) < 4.78 is 1.87. The molecule has 1 heterocycles. The molecule has 0 unspecified atom stereocenters. The van der Waals surface area contributed by atoms with E-state index >= 15 is 0 Å².